The summed E-state index contributed by atoms with van der Waals surface area (Å²) in [7, 11) is 0. The van der Waals surface area contributed by atoms with Gasteiger partial charge in [0.05, 0.1) is 23.7 Å². The average molecular weight is 243 g/mol. The number of nitriles is 2. The van der Waals surface area contributed by atoms with E-state index in [0.717, 1.165) is 31.4 Å². The Morgan fingerprint density at radius 3 is 2.83 bits per heavy atom. The molecule has 0 radical (unpaired) electrons. The van der Waals surface area contributed by atoms with Gasteiger partial charge >= 0.3 is 0 Å². The van der Waals surface area contributed by atoms with Gasteiger partial charge in [-0.3, -0.25) is 4.90 Å². The summed E-state index contributed by atoms with van der Waals surface area (Å²) in [6, 6.07) is 8.49. The average Bonchev–Trinajstić information content (AvgIpc) is 2.38. The van der Waals surface area contributed by atoms with Gasteiger partial charge in [0.15, 0.2) is 0 Å². The lowest BCUT2D eigenvalue weighted by Crippen LogP contribution is -2.37. The Morgan fingerprint density at radius 1 is 1.28 bits per heavy atom. The third-order valence-corrected chi connectivity index (χ3v) is 3.24. The summed E-state index contributed by atoms with van der Waals surface area (Å²) in [5.74, 6) is -0.394. The van der Waals surface area contributed by atoms with E-state index in [0.29, 0.717) is 12.1 Å². The van der Waals surface area contributed by atoms with Crippen molar-refractivity contribution in [2.75, 3.05) is 6.54 Å². The molecule has 0 saturated carbocycles. The Balaban J connectivity index is 2.16. The lowest BCUT2D eigenvalue weighted by Gasteiger charge is -2.31. The third-order valence-electron chi connectivity index (χ3n) is 3.24. The molecule has 1 saturated heterocycles. The van der Waals surface area contributed by atoms with Gasteiger partial charge in [0.2, 0.25) is 0 Å². The van der Waals surface area contributed by atoms with E-state index in [1.165, 1.54) is 12.1 Å². The molecule has 1 aromatic rings. The van der Waals surface area contributed by atoms with E-state index in [2.05, 4.69) is 11.0 Å². The molecule has 92 valence electrons. The number of piperidine rings is 1. The second-order valence-corrected chi connectivity index (χ2v) is 4.57. The third kappa shape index (κ3) is 2.85. The van der Waals surface area contributed by atoms with Crippen molar-refractivity contribution in [3.8, 4) is 12.1 Å². The molecule has 0 N–H and O–H groups in total. The molecule has 1 aliphatic heterocycles. The minimum atomic E-state index is -0.394. The van der Waals surface area contributed by atoms with Crippen molar-refractivity contribution in [1.29, 1.82) is 10.5 Å². The molecule has 18 heavy (non-hydrogen) atoms. The number of rotatable bonds is 2. The fourth-order valence-electron chi connectivity index (χ4n) is 2.37. The van der Waals surface area contributed by atoms with Crippen LogP contribution < -0.4 is 0 Å². The van der Waals surface area contributed by atoms with Gasteiger partial charge in [0.1, 0.15) is 5.82 Å². The van der Waals surface area contributed by atoms with Crippen LogP contribution in [0, 0.1) is 28.5 Å². The first kappa shape index (κ1) is 12.5. The quantitative estimate of drug-likeness (QED) is 0.802. The van der Waals surface area contributed by atoms with E-state index >= 15 is 0 Å². The first-order valence-electron chi connectivity index (χ1n) is 6.06. The zero-order chi connectivity index (χ0) is 13.0. The number of likely N-dealkylation sites (tertiary alicyclic amines) is 1. The standard InChI is InChI=1S/C14H14FN3/c15-13-6-11(8-16)5-12(7-13)10-18-4-2-1-3-14(18)9-17/h5-7,14H,1-4,10H2. The molecule has 3 nitrogen and oxygen atoms in total. The van der Waals surface area contributed by atoms with Crippen molar-refractivity contribution < 1.29 is 4.39 Å². The summed E-state index contributed by atoms with van der Waals surface area (Å²) in [4.78, 5) is 2.05. The molecule has 0 amide bonds. The van der Waals surface area contributed by atoms with Crippen molar-refractivity contribution >= 4 is 0 Å². The van der Waals surface area contributed by atoms with Gasteiger partial charge in [0, 0.05) is 6.54 Å². The predicted octanol–water partition coefficient (Wildman–Crippen LogP) is 2.58. The van der Waals surface area contributed by atoms with Gasteiger partial charge in [0.25, 0.3) is 0 Å². The lowest BCUT2D eigenvalue weighted by molar-refractivity contribution is 0.176. The minimum absolute atomic E-state index is 0.0902. The summed E-state index contributed by atoms with van der Waals surface area (Å²) in [5, 5.41) is 17.9. The van der Waals surface area contributed by atoms with Gasteiger partial charge in [-0.15, -0.1) is 0 Å². The van der Waals surface area contributed by atoms with Crippen LogP contribution in [0.25, 0.3) is 0 Å². The maximum Gasteiger partial charge on any atom is 0.124 e. The Kier molecular flexibility index (Phi) is 3.92. The van der Waals surface area contributed by atoms with Gasteiger partial charge < -0.3 is 0 Å². The fraction of sp³-hybridized carbons (Fsp3) is 0.429. The topological polar surface area (TPSA) is 50.8 Å². The minimum Gasteiger partial charge on any atom is -0.284 e. The SMILES string of the molecule is N#Cc1cc(F)cc(CN2CCCCC2C#N)c1. The molecule has 2 rings (SSSR count). The zero-order valence-corrected chi connectivity index (χ0v) is 10.1. The van der Waals surface area contributed by atoms with Crippen molar-refractivity contribution in [3.05, 3.63) is 35.1 Å². The molecule has 0 bridgehead atoms. The van der Waals surface area contributed by atoms with Gasteiger partial charge in [-0.2, -0.15) is 10.5 Å². The second-order valence-electron chi connectivity index (χ2n) is 4.57. The van der Waals surface area contributed by atoms with Crippen molar-refractivity contribution in [3.63, 3.8) is 0 Å². The second kappa shape index (κ2) is 5.62. The molecule has 1 heterocycles. The molecule has 4 heteroatoms. The Morgan fingerprint density at radius 2 is 2.11 bits per heavy atom. The van der Waals surface area contributed by atoms with E-state index < -0.39 is 5.82 Å². The maximum atomic E-state index is 13.3. The molecule has 1 aromatic carbocycles. The molecule has 0 aliphatic carbocycles. The van der Waals surface area contributed by atoms with Crippen molar-refractivity contribution in [1.82, 2.24) is 4.90 Å². The van der Waals surface area contributed by atoms with Gasteiger partial charge in [-0.05, 0) is 49.6 Å². The van der Waals surface area contributed by atoms with E-state index in [-0.39, 0.29) is 6.04 Å². The van der Waals surface area contributed by atoms with E-state index in [1.807, 2.05) is 6.07 Å². The highest BCUT2D eigenvalue weighted by molar-refractivity contribution is 5.33. The van der Waals surface area contributed by atoms with Crippen LogP contribution in [0.5, 0.6) is 0 Å². The lowest BCUT2D eigenvalue weighted by atomic mass is 10.0. The molecular formula is C14H14FN3. The normalized spacial score (nSPS) is 20.1. The number of hydrogen-bond acceptors (Lipinski definition) is 3. The van der Waals surface area contributed by atoms with Crippen molar-refractivity contribution in [2.45, 2.75) is 31.8 Å². The van der Waals surface area contributed by atoms with Crippen LogP contribution >= 0.6 is 0 Å². The summed E-state index contributed by atoms with van der Waals surface area (Å²) in [6.45, 7) is 1.39. The molecule has 1 unspecified atom stereocenters. The summed E-state index contributed by atoms with van der Waals surface area (Å²) < 4.78 is 13.3. The number of nitrogens with zero attached hydrogens (tertiary/aromatic N) is 3. The zero-order valence-electron chi connectivity index (χ0n) is 10.1. The monoisotopic (exact) mass is 243 g/mol. The summed E-state index contributed by atoms with van der Waals surface area (Å²) in [6.07, 6.45) is 3.01. The van der Waals surface area contributed by atoms with Gasteiger partial charge in [-0.25, -0.2) is 4.39 Å². The Bertz CT molecular complexity index is 513. The van der Waals surface area contributed by atoms with E-state index in [1.54, 1.807) is 6.07 Å². The van der Waals surface area contributed by atoms with Crippen LogP contribution in [0.1, 0.15) is 30.4 Å². The molecular weight excluding hydrogens is 229 g/mol. The van der Waals surface area contributed by atoms with Crippen LogP contribution in [-0.2, 0) is 6.54 Å². The highest BCUT2D eigenvalue weighted by atomic mass is 19.1. The smallest absolute Gasteiger partial charge is 0.124 e. The van der Waals surface area contributed by atoms with Crippen LogP contribution in [-0.4, -0.2) is 17.5 Å². The Hall–Kier alpha value is -1.91. The molecule has 1 fully saturated rings. The van der Waals surface area contributed by atoms with Crippen LogP contribution in [0.3, 0.4) is 0 Å². The number of halogens is 1. The summed E-state index contributed by atoms with van der Waals surface area (Å²) in [5.41, 5.74) is 1.09. The molecule has 1 aliphatic rings. The van der Waals surface area contributed by atoms with Crippen LogP contribution in [0.2, 0.25) is 0 Å². The van der Waals surface area contributed by atoms with Crippen LogP contribution in [0.15, 0.2) is 18.2 Å². The van der Waals surface area contributed by atoms with Gasteiger partial charge in [-0.1, -0.05) is 0 Å². The largest absolute Gasteiger partial charge is 0.284 e. The maximum absolute atomic E-state index is 13.3. The van der Waals surface area contributed by atoms with Crippen LogP contribution in [0.4, 0.5) is 4.39 Å². The van der Waals surface area contributed by atoms with Crippen molar-refractivity contribution in [2.24, 2.45) is 0 Å². The van der Waals surface area contributed by atoms with E-state index in [9.17, 15) is 4.39 Å². The number of benzene rings is 1. The molecule has 0 spiro atoms. The fourth-order valence-corrected chi connectivity index (χ4v) is 2.37. The summed E-state index contributed by atoms with van der Waals surface area (Å²) >= 11 is 0. The highest BCUT2D eigenvalue weighted by Gasteiger charge is 2.22. The predicted molar refractivity (Wildman–Crippen MR) is 64.8 cm³/mol. The number of hydrogen-bond donors (Lipinski definition) is 0. The molecule has 0 aromatic heterocycles. The van der Waals surface area contributed by atoms with E-state index in [4.69, 9.17) is 10.5 Å². The molecule has 1 atom stereocenters. The Labute approximate surface area is 106 Å². The first-order valence-corrected chi connectivity index (χ1v) is 6.06. The first-order chi connectivity index (χ1) is 8.72. The highest BCUT2D eigenvalue weighted by Crippen LogP contribution is 2.20.